The van der Waals surface area contributed by atoms with E-state index in [0.717, 1.165) is 24.1 Å². The van der Waals surface area contributed by atoms with Crippen LogP contribution in [-0.2, 0) is 0 Å². The standard InChI is InChI=1S/C14H18N2/c1-3-10-16-12(2)8-9-13-6-4-5-7-14(13)11-15/h4-9,12,16H,3,10H2,1-2H3/b9-8+. The highest BCUT2D eigenvalue weighted by molar-refractivity contribution is 5.58. The van der Waals surface area contributed by atoms with Gasteiger partial charge in [-0.25, -0.2) is 0 Å². The molecular formula is C14H18N2. The molecule has 0 saturated carbocycles. The average Bonchev–Trinajstić information content (AvgIpc) is 2.34. The van der Waals surface area contributed by atoms with Gasteiger partial charge in [-0.3, -0.25) is 0 Å². The van der Waals surface area contributed by atoms with Crippen molar-refractivity contribution >= 4 is 6.08 Å². The summed E-state index contributed by atoms with van der Waals surface area (Å²) in [6.07, 6.45) is 5.23. The lowest BCUT2D eigenvalue weighted by atomic mass is 10.1. The number of hydrogen-bond acceptors (Lipinski definition) is 2. The zero-order valence-electron chi connectivity index (χ0n) is 9.90. The van der Waals surface area contributed by atoms with Crippen LogP contribution in [0.25, 0.3) is 6.08 Å². The van der Waals surface area contributed by atoms with Gasteiger partial charge in [-0.15, -0.1) is 0 Å². The summed E-state index contributed by atoms with van der Waals surface area (Å²) < 4.78 is 0. The van der Waals surface area contributed by atoms with Crippen LogP contribution in [0.3, 0.4) is 0 Å². The molecule has 1 unspecified atom stereocenters. The second kappa shape index (κ2) is 6.81. The van der Waals surface area contributed by atoms with Crippen LogP contribution in [0.15, 0.2) is 30.3 Å². The smallest absolute Gasteiger partial charge is 0.0997 e. The Hall–Kier alpha value is -1.59. The van der Waals surface area contributed by atoms with Crippen LogP contribution < -0.4 is 5.32 Å². The largest absolute Gasteiger partial charge is 0.311 e. The van der Waals surface area contributed by atoms with E-state index < -0.39 is 0 Å². The molecule has 1 rings (SSSR count). The van der Waals surface area contributed by atoms with Crippen molar-refractivity contribution < 1.29 is 0 Å². The number of benzene rings is 1. The Labute approximate surface area is 97.6 Å². The Kier molecular flexibility index (Phi) is 5.31. The van der Waals surface area contributed by atoms with E-state index in [0.29, 0.717) is 6.04 Å². The van der Waals surface area contributed by atoms with Gasteiger partial charge in [0.15, 0.2) is 0 Å². The van der Waals surface area contributed by atoms with Crippen molar-refractivity contribution in [3.05, 3.63) is 41.5 Å². The van der Waals surface area contributed by atoms with Crippen molar-refractivity contribution in [2.75, 3.05) is 6.54 Å². The second-order valence-electron chi connectivity index (χ2n) is 3.80. The van der Waals surface area contributed by atoms with Gasteiger partial charge in [-0.05, 0) is 31.5 Å². The Morgan fingerprint density at radius 1 is 1.44 bits per heavy atom. The first-order valence-corrected chi connectivity index (χ1v) is 5.68. The molecule has 84 valence electrons. The van der Waals surface area contributed by atoms with Gasteiger partial charge in [0.1, 0.15) is 0 Å². The fraction of sp³-hybridized carbons (Fsp3) is 0.357. The molecule has 1 aromatic carbocycles. The first-order chi connectivity index (χ1) is 7.77. The quantitative estimate of drug-likeness (QED) is 0.818. The molecule has 1 aromatic rings. The van der Waals surface area contributed by atoms with E-state index in [4.69, 9.17) is 5.26 Å². The number of hydrogen-bond donors (Lipinski definition) is 1. The molecule has 2 heteroatoms. The van der Waals surface area contributed by atoms with Crippen LogP contribution >= 0.6 is 0 Å². The molecule has 0 heterocycles. The highest BCUT2D eigenvalue weighted by atomic mass is 14.9. The Balaban J connectivity index is 2.65. The molecule has 0 aliphatic heterocycles. The minimum atomic E-state index is 0.340. The third-order valence-corrected chi connectivity index (χ3v) is 2.36. The first-order valence-electron chi connectivity index (χ1n) is 5.68. The molecule has 0 amide bonds. The molecule has 0 radical (unpaired) electrons. The van der Waals surface area contributed by atoms with Crippen molar-refractivity contribution in [3.8, 4) is 6.07 Å². The number of rotatable bonds is 5. The van der Waals surface area contributed by atoms with Crippen LogP contribution in [0.1, 0.15) is 31.4 Å². The molecule has 0 aliphatic carbocycles. The normalized spacial score (nSPS) is 12.6. The summed E-state index contributed by atoms with van der Waals surface area (Å²) in [6, 6.07) is 10.2. The zero-order chi connectivity index (χ0) is 11.8. The van der Waals surface area contributed by atoms with Gasteiger partial charge in [0.25, 0.3) is 0 Å². The highest BCUT2D eigenvalue weighted by Crippen LogP contribution is 2.09. The maximum absolute atomic E-state index is 8.93. The SMILES string of the molecule is CCCNC(C)/C=C/c1ccccc1C#N. The summed E-state index contributed by atoms with van der Waals surface area (Å²) in [4.78, 5) is 0. The molecular weight excluding hydrogens is 196 g/mol. The Bertz CT molecular complexity index is 388. The third-order valence-electron chi connectivity index (χ3n) is 2.36. The van der Waals surface area contributed by atoms with Gasteiger partial charge in [0, 0.05) is 6.04 Å². The van der Waals surface area contributed by atoms with Gasteiger partial charge >= 0.3 is 0 Å². The molecule has 1 atom stereocenters. The lowest BCUT2D eigenvalue weighted by molar-refractivity contribution is 0.625. The monoisotopic (exact) mass is 214 g/mol. The van der Waals surface area contributed by atoms with Crippen molar-refractivity contribution in [3.63, 3.8) is 0 Å². The van der Waals surface area contributed by atoms with E-state index in [1.165, 1.54) is 0 Å². The molecule has 0 fully saturated rings. The number of nitrogens with zero attached hydrogens (tertiary/aromatic N) is 1. The summed E-state index contributed by atoms with van der Waals surface area (Å²) in [7, 11) is 0. The molecule has 0 aromatic heterocycles. The van der Waals surface area contributed by atoms with Gasteiger partial charge in [-0.1, -0.05) is 37.3 Å². The lowest BCUT2D eigenvalue weighted by Crippen LogP contribution is -2.24. The fourth-order valence-corrected chi connectivity index (χ4v) is 1.43. The maximum Gasteiger partial charge on any atom is 0.0997 e. The van der Waals surface area contributed by atoms with Crippen LogP contribution in [0.2, 0.25) is 0 Å². The molecule has 0 aliphatic rings. The van der Waals surface area contributed by atoms with E-state index in [1.807, 2.05) is 30.3 Å². The summed E-state index contributed by atoms with van der Waals surface area (Å²) in [5, 5.41) is 12.3. The third kappa shape index (κ3) is 3.88. The molecule has 1 N–H and O–H groups in total. The average molecular weight is 214 g/mol. The molecule has 2 nitrogen and oxygen atoms in total. The molecule has 16 heavy (non-hydrogen) atoms. The highest BCUT2D eigenvalue weighted by Gasteiger charge is 1.97. The van der Waals surface area contributed by atoms with E-state index in [1.54, 1.807) is 0 Å². The van der Waals surface area contributed by atoms with Crippen LogP contribution in [0, 0.1) is 11.3 Å². The van der Waals surface area contributed by atoms with Crippen LogP contribution in [0.4, 0.5) is 0 Å². The molecule has 0 saturated heterocycles. The van der Waals surface area contributed by atoms with Gasteiger partial charge in [0.05, 0.1) is 11.6 Å². The predicted molar refractivity (Wildman–Crippen MR) is 67.9 cm³/mol. The lowest BCUT2D eigenvalue weighted by Gasteiger charge is -2.07. The van der Waals surface area contributed by atoms with E-state index >= 15 is 0 Å². The fourth-order valence-electron chi connectivity index (χ4n) is 1.43. The second-order valence-corrected chi connectivity index (χ2v) is 3.80. The topological polar surface area (TPSA) is 35.8 Å². The van der Waals surface area contributed by atoms with Gasteiger partial charge < -0.3 is 5.32 Å². The predicted octanol–water partition coefficient (Wildman–Crippen LogP) is 2.96. The van der Waals surface area contributed by atoms with E-state index in [2.05, 4.69) is 31.3 Å². The van der Waals surface area contributed by atoms with Crippen molar-refractivity contribution in [2.24, 2.45) is 0 Å². The van der Waals surface area contributed by atoms with Gasteiger partial charge in [0.2, 0.25) is 0 Å². The van der Waals surface area contributed by atoms with Gasteiger partial charge in [-0.2, -0.15) is 5.26 Å². The number of nitrogens with one attached hydrogen (secondary N) is 1. The van der Waals surface area contributed by atoms with Crippen molar-refractivity contribution in [2.45, 2.75) is 26.3 Å². The van der Waals surface area contributed by atoms with Crippen LogP contribution in [0.5, 0.6) is 0 Å². The summed E-state index contributed by atoms with van der Waals surface area (Å²) in [5.41, 5.74) is 1.71. The summed E-state index contributed by atoms with van der Waals surface area (Å²) in [6.45, 7) is 5.28. The maximum atomic E-state index is 8.93. The van der Waals surface area contributed by atoms with Crippen molar-refractivity contribution in [1.82, 2.24) is 5.32 Å². The summed E-state index contributed by atoms with van der Waals surface area (Å²) in [5.74, 6) is 0. The first kappa shape index (κ1) is 12.5. The van der Waals surface area contributed by atoms with E-state index in [9.17, 15) is 0 Å². The number of nitriles is 1. The minimum Gasteiger partial charge on any atom is -0.311 e. The van der Waals surface area contributed by atoms with E-state index in [-0.39, 0.29) is 0 Å². The minimum absolute atomic E-state index is 0.340. The summed E-state index contributed by atoms with van der Waals surface area (Å²) >= 11 is 0. The molecule has 0 bridgehead atoms. The Morgan fingerprint density at radius 3 is 2.88 bits per heavy atom. The zero-order valence-corrected chi connectivity index (χ0v) is 9.90. The van der Waals surface area contributed by atoms with Crippen molar-refractivity contribution in [1.29, 1.82) is 5.26 Å². The Morgan fingerprint density at radius 2 is 2.19 bits per heavy atom. The molecule has 0 spiro atoms. The van der Waals surface area contributed by atoms with Crippen LogP contribution in [-0.4, -0.2) is 12.6 Å².